The second kappa shape index (κ2) is 5.36. The minimum Gasteiger partial charge on any atom is -0.497 e. The zero-order chi connectivity index (χ0) is 13.9. The molecule has 1 aliphatic carbocycles. The smallest absolute Gasteiger partial charge is 0.225 e. The van der Waals surface area contributed by atoms with Crippen LogP contribution in [0.3, 0.4) is 0 Å². The van der Waals surface area contributed by atoms with Crippen molar-refractivity contribution in [3.63, 3.8) is 0 Å². The maximum atomic E-state index is 5.22. The number of anilines is 3. The zero-order valence-electron chi connectivity index (χ0n) is 11.7. The van der Waals surface area contributed by atoms with Crippen LogP contribution in [0.1, 0.15) is 18.5 Å². The standard InChI is InChI=1S/C15H18N4O/c1-10-8-14(19-15(16-10)18-11-6-7-11)17-12-4-3-5-13(9-12)20-2/h3-5,8-9,11H,6-7H2,1-2H3,(H2,16,17,18,19). The third kappa shape index (κ3) is 3.17. The van der Waals surface area contributed by atoms with Gasteiger partial charge in [-0.15, -0.1) is 0 Å². The summed E-state index contributed by atoms with van der Waals surface area (Å²) < 4.78 is 5.22. The summed E-state index contributed by atoms with van der Waals surface area (Å²) in [5.41, 5.74) is 1.88. The Morgan fingerprint density at radius 3 is 2.80 bits per heavy atom. The topological polar surface area (TPSA) is 59.1 Å². The van der Waals surface area contributed by atoms with Crippen molar-refractivity contribution in [2.24, 2.45) is 0 Å². The van der Waals surface area contributed by atoms with Gasteiger partial charge in [-0.05, 0) is 31.9 Å². The van der Waals surface area contributed by atoms with Crippen LogP contribution >= 0.6 is 0 Å². The van der Waals surface area contributed by atoms with Crippen molar-refractivity contribution in [1.82, 2.24) is 9.97 Å². The van der Waals surface area contributed by atoms with Crippen molar-refractivity contribution in [3.05, 3.63) is 36.0 Å². The van der Waals surface area contributed by atoms with Gasteiger partial charge in [-0.3, -0.25) is 0 Å². The van der Waals surface area contributed by atoms with Crippen molar-refractivity contribution >= 4 is 17.5 Å². The normalized spacial score (nSPS) is 13.9. The minimum atomic E-state index is 0.543. The molecule has 0 saturated heterocycles. The fourth-order valence-electron chi connectivity index (χ4n) is 1.96. The number of hydrogen-bond donors (Lipinski definition) is 2. The van der Waals surface area contributed by atoms with Gasteiger partial charge in [-0.25, -0.2) is 4.98 Å². The van der Waals surface area contributed by atoms with E-state index < -0.39 is 0 Å². The molecule has 104 valence electrons. The molecule has 0 atom stereocenters. The van der Waals surface area contributed by atoms with Gasteiger partial charge >= 0.3 is 0 Å². The Bertz CT molecular complexity index is 611. The first-order valence-electron chi connectivity index (χ1n) is 6.76. The van der Waals surface area contributed by atoms with Crippen LogP contribution in [0.15, 0.2) is 30.3 Å². The molecule has 2 N–H and O–H groups in total. The number of nitrogens with zero attached hydrogens (tertiary/aromatic N) is 2. The lowest BCUT2D eigenvalue weighted by Gasteiger charge is -2.10. The Hall–Kier alpha value is -2.30. The van der Waals surface area contributed by atoms with E-state index >= 15 is 0 Å². The summed E-state index contributed by atoms with van der Waals surface area (Å²) in [5.74, 6) is 2.30. The molecule has 1 saturated carbocycles. The van der Waals surface area contributed by atoms with Crippen molar-refractivity contribution in [1.29, 1.82) is 0 Å². The van der Waals surface area contributed by atoms with Crippen LogP contribution in [0.4, 0.5) is 17.5 Å². The van der Waals surface area contributed by atoms with Crippen LogP contribution in [0.25, 0.3) is 0 Å². The molecule has 1 aromatic heterocycles. The summed E-state index contributed by atoms with van der Waals surface area (Å²) in [6.07, 6.45) is 2.41. The highest BCUT2D eigenvalue weighted by Crippen LogP contribution is 2.25. The second-order valence-electron chi connectivity index (χ2n) is 4.99. The van der Waals surface area contributed by atoms with Crippen molar-refractivity contribution in [2.75, 3.05) is 17.7 Å². The number of aryl methyl sites for hydroxylation is 1. The highest BCUT2D eigenvalue weighted by molar-refractivity contribution is 5.59. The van der Waals surface area contributed by atoms with Crippen molar-refractivity contribution < 1.29 is 4.74 Å². The van der Waals surface area contributed by atoms with Crippen LogP contribution in [0.5, 0.6) is 5.75 Å². The highest BCUT2D eigenvalue weighted by Gasteiger charge is 2.22. The van der Waals surface area contributed by atoms with Gasteiger partial charge in [0.25, 0.3) is 0 Å². The minimum absolute atomic E-state index is 0.543. The van der Waals surface area contributed by atoms with E-state index in [4.69, 9.17) is 4.74 Å². The SMILES string of the molecule is COc1cccc(Nc2cc(C)nc(NC3CC3)n2)c1. The van der Waals surface area contributed by atoms with Crippen LogP contribution in [0.2, 0.25) is 0 Å². The summed E-state index contributed by atoms with van der Waals surface area (Å²) in [6.45, 7) is 1.97. The van der Waals surface area contributed by atoms with Crippen molar-refractivity contribution in [2.45, 2.75) is 25.8 Å². The molecule has 3 rings (SSSR count). The largest absolute Gasteiger partial charge is 0.497 e. The van der Waals surface area contributed by atoms with Gasteiger partial charge in [-0.2, -0.15) is 4.98 Å². The molecular weight excluding hydrogens is 252 g/mol. The molecule has 1 fully saturated rings. The molecule has 0 unspecified atom stereocenters. The van der Waals surface area contributed by atoms with Gasteiger partial charge < -0.3 is 15.4 Å². The third-order valence-electron chi connectivity index (χ3n) is 3.11. The molecule has 5 nitrogen and oxygen atoms in total. The molecule has 1 heterocycles. The van der Waals surface area contributed by atoms with E-state index in [0.717, 1.165) is 22.9 Å². The summed E-state index contributed by atoms with van der Waals surface area (Å²) >= 11 is 0. The first kappa shape index (κ1) is 12.7. The Labute approximate surface area is 118 Å². The fraction of sp³-hybridized carbons (Fsp3) is 0.333. The number of hydrogen-bond acceptors (Lipinski definition) is 5. The van der Waals surface area contributed by atoms with E-state index in [2.05, 4.69) is 20.6 Å². The first-order chi connectivity index (χ1) is 9.72. The van der Waals surface area contributed by atoms with E-state index in [-0.39, 0.29) is 0 Å². The molecular formula is C15H18N4O. The molecule has 0 aliphatic heterocycles. The molecule has 0 radical (unpaired) electrons. The maximum Gasteiger partial charge on any atom is 0.225 e. The molecule has 0 amide bonds. The van der Waals surface area contributed by atoms with Crippen LogP contribution in [0, 0.1) is 6.92 Å². The summed E-state index contributed by atoms with van der Waals surface area (Å²) in [4.78, 5) is 8.89. The molecule has 5 heteroatoms. The summed E-state index contributed by atoms with van der Waals surface area (Å²) in [7, 11) is 1.66. The maximum absolute atomic E-state index is 5.22. The fourth-order valence-corrected chi connectivity index (χ4v) is 1.96. The number of benzene rings is 1. The monoisotopic (exact) mass is 270 g/mol. The predicted octanol–water partition coefficient (Wildman–Crippen LogP) is 3.11. The van der Waals surface area contributed by atoms with E-state index in [9.17, 15) is 0 Å². The van der Waals surface area contributed by atoms with Crippen LogP contribution in [-0.2, 0) is 0 Å². The lowest BCUT2D eigenvalue weighted by molar-refractivity contribution is 0.415. The number of methoxy groups -OCH3 is 1. The van der Waals surface area contributed by atoms with E-state index in [1.54, 1.807) is 7.11 Å². The number of nitrogens with one attached hydrogen (secondary N) is 2. The van der Waals surface area contributed by atoms with Gasteiger partial charge in [0.2, 0.25) is 5.95 Å². The number of ether oxygens (including phenoxy) is 1. The van der Waals surface area contributed by atoms with Gasteiger partial charge in [-0.1, -0.05) is 6.07 Å². The molecule has 20 heavy (non-hydrogen) atoms. The quantitative estimate of drug-likeness (QED) is 0.874. The Kier molecular flexibility index (Phi) is 3.41. The lowest BCUT2D eigenvalue weighted by Crippen LogP contribution is -2.07. The zero-order valence-corrected chi connectivity index (χ0v) is 11.7. The first-order valence-corrected chi connectivity index (χ1v) is 6.76. The summed E-state index contributed by atoms with van der Waals surface area (Å²) in [6, 6.07) is 10.2. The predicted molar refractivity (Wildman–Crippen MR) is 79.7 cm³/mol. The number of aromatic nitrogens is 2. The average Bonchev–Trinajstić information content (AvgIpc) is 3.22. The van der Waals surface area contributed by atoms with E-state index in [0.29, 0.717) is 12.0 Å². The summed E-state index contributed by atoms with van der Waals surface area (Å²) in [5, 5.41) is 6.60. The second-order valence-corrected chi connectivity index (χ2v) is 4.99. The van der Waals surface area contributed by atoms with E-state index in [1.165, 1.54) is 12.8 Å². The molecule has 0 spiro atoms. The number of rotatable bonds is 5. The highest BCUT2D eigenvalue weighted by atomic mass is 16.5. The third-order valence-corrected chi connectivity index (χ3v) is 3.11. The molecule has 1 aromatic carbocycles. The Morgan fingerprint density at radius 1 is 1.20 bits per heavy atom. The van der Waals surface area contributed by atoms with Crippen LogP contribution < -0.4 is 15.4 Å². The molecule has 0 bridgehead atoms. The molecule has 1 aliphatic rings. The molecule has 2 aromatic rings. The lowest BCUT2D eigenvalue weighted by atomic mass is 10.3. The van der Waals surface area contributed by atoms with Crippen molar-refractivity contribution in [3.8, 4) is 5.75 Å². The van der Waals surface area contributed by atoms with Gasteiger partial charge in [0.15, 0.2) is 0 Å². The van der Waals surface area contributed by atoms with E-state index in [1.807, 2.05) is 37.3 Å². The van der Waals surface area contributed by atoms with Gasteiger partial charge in [0.1, 0.15) is 11.6 Å². The van der Waals surface area contributed by atoms with Gasteiger partial charge in [0.05, 0.1) is 7.11 Å². The Morgan fingerprint density at radius 2 is 2.05 bits per heavy atom. The Balaban J connectivity index is 1.79. The van der Waals surface area contributed by atoms with Gasteiger partial charge in [0, 0.05) is 29.6 Å². The van der Waals surface area contributed by atoms with Crippen LogP contribution in [-0.4, -0.2) is 23.1 Å². The average molecular weight is 270 g/mol.